The van der Waals surface area contributed by atoms with Gasteiger partial charge in [0.05, 0.1) is 19.8 Å². The summed E-state index contributed by atoms with van der Waals surface area (Å²) in [6, 6.07) is -0.646. The van der Waals surface area contributed by atoms with Crippen molar-refractivity contribution < 1.29 is 14.3 Å². The molecule has 1 saturated heterocycles. The Bertz CT molecular complexity index is 280. The van der Waals surface area contributed by atoms with E-state index in [0.29, 0.717) is 19.7 Å². The molecule has 0 spiro atoms. The number of nitrogens with one attached hydrogen (secondary N) is 1. The summed E-state index contributed by atoms with van der Waals surface area (Å²) in [6.45, 7) is 5.29. The van der Waals surface area contributed by atoms with Gasteiger partial charge in [0.2, 0.25) is 11.8 Å². The number of carbonyl (C=O) groups is 2. The maximum atomic E-state index is 11.8. The summed E-state index contributed by atoms with van der Waals surface area (Å²) in [6.07, 6.45) is 1.66. The Morgan fingerprint density at radius 2 is 2.38 bits per heavy atom. The molecule has 0 radical (unpaired) electrons. The second-order valence-electron chi connectivity index (χ2n) is 3.50. The Hall–Kier alpha value is -1.40. The standard InChI is InChI=1S/C10H17N3O3/c1-2-3-12-6-9(14)13-4-5-16-7-8(13)10(11)15/h2,8,12H,1,3-7H2,(H2,11,15). The largest absolute Gasteiger partial charge is 0.377 e. The van der Waals surface area contributed by atoms with Crippen LogP contribution in [0.3, 0.4) is 0 Å². The molecule has 90 valence electrons. The maximum absolute atomic E-state index is 11.8. The lowest BCUT2D eigenvalue weighted by atomic mass is 10.2. The average molecular weight is 227 g/mol. The summed E-state index contributed by atoms with van der Waals surface area (Å²) < 4.78 is 5.12. The maximum Gasteiger partial charge on any atom is 0.242 e. The van der Waals surface area contributed by atoms with Gasteiger partial charge in [0.15, 0.2) is 0 Å². The fourth-order valence-corrected chi connectivity index (χ4v) is 1.52. The zero-order valence-electron chi connectivity index (χ0n) is 9.15. The molecule has 0 saturated carbocycles. The lowest BCUT2D eigenvalue weighted by Gasteiger charge is -2.33. The minimum Gasteiger partial charge on any atom is -0.377 e. The molecule has 1 atom stereocenters. The van der Waals surface area contributed by atoms with Gasteiger partial charge in [-0.3, -0.25) is 9.59 Å². The minimum absolute atomic E-state index is 0.144. The lowest BCUT2D eigenvalue weighted by molar-refractivity contribution is -0.146. The van der Waals surface area contributed by atoms with Crippen LogP contribution < -0.4 is 11.1 Å². The molecule has 1 aliphatic rings. The molecular formula is C10H17N3O3. The molecule has 1 rings (SSSR count). The molecule has 2 amide bonds. The predicted molar refractivity (Wildman–Crippen MR) is 58.6 cm³/mol. The van der Waals surface area contributed by atoms with Gasteiger partial charge in [-0.1, -0.05) is 6.08 Å². The SMILES string of the molecule is C=CCNCC(=O)N1CCOCC1C(N)=O. The lowest BCUT2D eigenvalue weighted by Crippen LogP contribution is -2.56. The number of hydrogen-bond donors (Lipinski definition) is 2. The van der Waals surface area contributed by atoms with E-state index in [1.54, 1.807) is 6.08 Å². The number of morpholine rings is 1. The molecule has 16 heavy (non-hydrogen) atoms. The van der Waals surface area contributed by atoms with E-state index >= 15 is 0 Å². The number of primary amides is 1. The highest BCUT2D eigenvalue weighted by Crippen LogP contribution is 2.06. The van der Waals surface area contributed by atoms with E-state index in [1.165, 1.54) is 4.90 Å². The van der Waals surface area contributed by atoms with Crippen LogP contribution in [0.2, 0.25) is 0 Å². The molecule has 1 heterocycles. The van der Waals surface area contributed by atoms with Gasteiger partial charge >= 0.3 is 0 Å². The molecule has 0 aromatic carbocycles. The van der Waals surface area contributed by atoms with Crippen LogP contribution in [0, 0.1) is 0 Å². The Kier molecular flexibility index (Phi) is 4.94. The second kappa shape index (κ2) is 6.24. The van der Waals surface area contributed by atoms with Gasteiger partial charge in [-0.05, 0) is 0 Å². The highest BCUT2D eigenvalue weighted by molar-refractivity contribution is 5.87. The van der Waals surface area contributed by atoms with Crippen LogP contribution in [0.5, 0.6) is 0 Å². The molecule has 1 fully saturated rings. The van der Waals surface area contributed by atoms with E-state index in [2.05, 4.69) is 11.9 Å². The number of hydrogen-bond acceptors (Lipinski definition) is 4. The monoisotopic (exact) mass is 227 g/mol. The second-order valence-corrected chi connectivity index (χ2v) is 3.50. The van der Waals surface area contributed by atoms with E-state index in [1.807, 2.05) is 0 Å². The van der Waals surface area contributed by atoms with E-state index in [9.17, 15) is 9.59 Å². The van der Waals surface area contributed by atoms with Crippen molar-refractivity contribution in [3.05, 3.63) is 12.7 Å². The van der Waals surface area contributed by atoms with Crippen molar-refractivity contribution in [2.75, 3.05) is 32.8 Å². The van der Waals surface area contributed by atoms with E-state index in [4.69, 9.17) is 10.5 Å². The van der Waals surface area contributed by atoms with Crippen LogP contribution in [-0.2, 0) is 14.3 Å². The van der Waals surface area contributed by atoms with Crippen LogP contribution in [0.4, 0.5) is 0 Å². The Morgan fingerprint density at radius 3 is 3.00 bits per heavy atom. The van der Waals surface area contributed by atoms with Gasteiger partial charge in [0, 0.05) is 13.1 Å². The summed E-state index contributed by atoms with van der Waals surface area (Å²) in [5, 5.41) is 2.89. The highest BCUT2D eigenvalue weighted by atomic mass is 16.5. The van der Waals surface area contributed by atoms with Gasteiger partial charge in [0.25, 0.3) is 0 Å². The molecule has 1 unspecified atom stereocenters. The normalized spacial score (nSPS) is 20.5. The van der Waals surface area contributed by atoms with E-state index < -0.39 is 11.9 Å². The first-order valence-corrected chi connectivity index (χ1v) is 5.15. The summed E-state index contributed by atoms with van der Waals surface area (Å²) in [5.74, 6) is -0.675. The highest BCUT2D eigenvalue weighted by Gasteiger charge is 2.30. The summed E-state index contributed by atoms with van der Waals surface area (Å²) in [7, 11) is 0. The third kappa shape index (κ3) is 3.32. The topological polar surface area (TPSA) is 84.7 Å². The van der Waals surface area contributed by atoms with Crippen molar-refractivity contribution in [1.29, 1.82) is 0 Å². The summed E-state index contributed by atoms with van der Waals surface area (Å²) in [5.41, 5.74) is 5.20. The fraction of sp³-hybridized carbons (Fsp3) is 0.600. The van der Waals surface area contributed by atoms with Crippen LogP contribution in [0.1, 0.15) is 0 Å². The third-order valence-corrected chi connectivity index (χ3v) is 2.34. The molecule has 0 bridgehead atoms. The first-order chi connectivity index (χ1) is 7.66. The van der Waals surface area contributed by atoms with Crippen molar-refractivity contribution >= 4 is 11.8 Å². The molecule has 0 aromatic heterocycles. The fourth-order valence-electron chi connectivity index (χ4n) is 1.52. The number of rotatable bonds is 5. The molecule has 1 aliphatic heterocycles. The molecule has 3 N–H and O–H groups in total. The van der Waals surface area contributed by atoms with Gasteiger partial charge in [-0.2, -0.15) is 0 Å². The Balaban J connectivity index is 2.50. The number of nitrogens with zero attached hydrogens (tertiary/aromatic N) is 1. The van der Waals surface area contributed by atoms with E-state index in [-0.39, 0.29) is 19.1 Å². The molecule has 6 nitrogen and oxygen atoms in total. The van der Waals surface area contributed by atoms with Gasteiger partial charge in [0.1, 0.15) is 6.04 Å². The van der Waals surface area contributed by atoms with Crippen molar-refractivity contribution in [3.8, 4) is 0 Å². The quantitative estimate of drug-likeness (QED) is 0.441. The number of amides is 2. The number of nitrogens with two attached hydrogens (primary N) is 1. The van der Waals surface area contributed by atoms with Crippen molar-refractivity contribution in [3.63, 3.8) is 0 Å². The van der Waals surface area contributed by atoms with Gasteiger partial charge in [-0.15, -0.1) is 6.58 Å². The number of carbonyl (C=O) groups excluding carboxylic acids is 2. The first-order valence-electron chi connectivity index (χ1n) is 5.15. The summed E-state index contributed by atoms with van der Waals surface area (Å²) >= 11 is 0. The Labute approximate surface area is 94.4 Å². The van der Waals surface area contributed by atoms with Crippen molar-refractivity contribution in [1.82, 2.24) is 10.2 Å². The smallest absolute Gasteiger partial charge is 0.242 e. The molecule has 6 heteroatoms. The predicted octanol–water partition coefficient (Wildman–Crippen LogP) is -1.53. The van der Waals surface area contributed by atoms with Crippen LogP contribution in [0.25, 0.3) is 0 Å². The van der Waals surface area contributed by atoms with Crippen LogP contribution in [0.15, 0.2) is 12.7 Å². The van der Waals surface area contributed by atoms with Crippen molar-refractivity contribution in [2.24, 2.45) is 5.73 Å². The summed E-state index contributed by atoms with van der Waals surface area (Å²) in [4.78, 5) is 24.3. The number of ether oxygens (including phenoxy) is 1. The third-order valence-electron chi connectivity index (χ3n) is 2.34. The van der Waals surface area contributed by atoms with Crippen LogP contribution in [-0.4, -0.2) is 55.6 Å². The minimum atomic E-state index is -0.646. The average Bonchev–Trinajstić information content (AvgIpc) is 2.29. The molecule has 0 aromatic rings. The Morgan fingerprint density at radius 1 is 1.62 bits per heavy atom. The first kappa shape index (κ1) is 12.7. The van der Waals surface area contributed by atoms with E-state index in [0.717, 1.165) is 0 Å². The van der Waals surface area contributed by atoms with Crippen LogP contribution >= 0.6 is 0 Å². The molecule has 0 aliphatic carbocycles. The zero-order valence-corrected chi connectivity index (χ0v) is 9.15. The van der Waals surface area contributed by atoms with Crippen molar-refractivity contribution in [2.45, 2.75) is 6.04 Å². The van der Waals surface area contributed by atoms with Gasteiger partial charge < -0.3 is 20.7 Å². The molecular weight excluding hydrogens is 210 g/mol. The van der Waals surface area contributed by atoms with Gasteiger partial charge in [-0.25, -0.2) is 0 Å². The zero-order chi connectivity index (χ0) is 12.0.